The molecule has 1 N–H and O–H groups in total. The number of fused-ring (bicyclic) bond motifs is 2. The summed E-state index contributed by atoms with van der Waals surface area (Å²) in [7, 11) is 0. The number of hydrogen-bond acceptors (Lipinski definition) is 3. The molecule has 0 atom stereocenters. The van der Waals surface area contributed by atoms with Crippen molar-refractivity contribution in [2.24, 2.45) is 5.92 Å². The van der Waals surface area contributed by atoms with E-state index in [1.165, 1.54) is 17.0 Å². The first-order valence-corrected chi connectivity index (χ1v) is 12.9. The van der Waals surface area contributed by atoms with Crippen LogP contribution in [-0.4, -0.2) is 58.2 Å². The number of carbonyl (C=O) groups excluding carboxylic acids is 1. The lowest BCUT2D eigenvalue weighted by Gasteiger charge is -2.35. The molecule has 0 aliphatic carbocycles. The van der Waals surface area contributed by atoms with Gasteiger partial charge in [0.2, 0.25) is 0 Å². The minimum atomic E-state index is -4.22. The largest absolute Gasteiger partial charge is 0.491 e. The first-order valence-electron chi connectivity index (χ1n) is 12.9. The van der Waals surface area contributed by atoms with Crippen molar-refractivity contribution in [2.75, 3.05) is 26.2 Å². The van der Waals surface area contributed by atoms with Gasteiger partial charge in [-0.05, 0) is 54.3 Å². The SMILES string of the molecule is O=C(N1CCC(C(F)(F)F)CC1)N1CCOc2ccc(-c3ccc(-c4nc5ccc(F)cc5[nH]4)cc3)cc2C1. The summed E-state index contributed by atoms with van der Waals surface area (Å²) in [6.07, 6.45) is -4.35. The van der Waals surface area contributed by atoms with E-state index < -0.39 is 12.1 Å². The Kier molecular flexibility index (Phi) is 6.40. The molecule has 2 amide bonds. The van der Waals surface area contributed by atoms with Crippen molar-refractivity contribution in [1.29, 1.82) is 0 Å². The van der Waals surface area contributed by atoms with Gasteiger partial charge in [0.15, 0.2) is 0 Å². The van der Waals surface area contributed by atoms with Gasteiger partial charge in [-0.1, -0.05) is 30.3 Å². The highest BCUT2D eigenvalue weighted by Gasteiger charge is 2.42. The Balaban J connectivity index is 1.18. The van der Waals surface area contributed by atoms with Crippen LogP contribution in [0.15, 0.2) is 60.7 Å². The predicted molar refractivity (Wildman–Crippen MR) is 139 cm³/mol. The second-order valence-corrected chi connectivity index (χ2v) is 10.0. The Bertz CT molecular complexity index is 1510. The smallest absolute Gasteiger partial charge is 0.391 e. The molecule has 1 saturated heterocycles. The first-order chi connectivity index (χ1) is 18.7. The summed E-state index contributed by atoms with van der Waals surface area (Å²) in [4.78, 5) is 24.0. The van der Waals surface area contributed by atoms with Crippen LogP contribution < -0.4 is 4.74 Å². The quantitative estimate of drug-likeness (QED) is 0.292. The molecule has 0 saturated carbocycles. The molecule has 3 heterocycles. The van der Waals surface area contributed by atoms with Crippen LogP contribution in [0, 0.1) is 11.7 Å². The van der Waals surface area contributed by atoms with Gasteiger partial charge >= 0.3 is 12.2 Å². The highest BCUT2D eigenvalue weighted by Crippen LogP contribution is 2.35. The van der Waals surface area contributed by atoms with Gasteiger partial charge in [-0.25, -0.2) is 14.2 Å². The number of rotatable bonds is 2. The van der Waals surface area contributed by atoms with Crippen molar-refractivity contribution in [3.63, 3.8) is 0 Å². The van der Waals surface area contributed by atoms with E-state index in [2.05, 4.69) is 9.97 Å². The molecule has 6 rings (SSSR count). The van der Waals surface area contributed by atoms with Crippen molar-refractivity contribution in [2.45, 2.75) is 25.6 Å². The lowest BCUT2D eigenvalue weighted by Crippen LogP contribution is -2.48. The van der Waals surface area contributed by atoms with E-state index in [1.807, 2.05) is 42.5 Å². The number of imidazole rings is 1. The topological polar surface area (TPSA) is 61.5 Å². The third-order valence-corrected chi connectivity index (χ3v) is 7.47. The second kappa shape index (κ2) is 9.91. The number of hydrogen-bond donors (Lipinski definition) is 1. The van der Waals surface area contributed by atoms with E-state index in [1.54, 1.807) is 11.0 Å². The van der Waals surface area contributed by atoms with Crippen molar-refractivity contribution in [3.05, 3.63) is 72.0 Å². The van der Waals surface area contributed by atoms with E-state index >= 15 is 0 Å². The molecule has 202 valence electrons. The Labute approximate surface area is 222 Å². The minimum Gasteiger partial charge on any atom is -0.491 e. The molecule has 0 radical (unpaired) electrons. The van der Waals surface area contributed by atoms with Crippen LogP contribution in [-0.2, 0) is 6.54 Å². The molecule has 1 aromatic heterocycles. The maximum absolute atomic E-state index is 13.5. The number of aromatic nitrogens is 2. The summed E-state index contributed by atoms with van der Waals surface area (Å²) in [6.45, 7) is 1.18. The zero-order valence-electron chi connectivity index (χ0n) is 21.0. The average Bonchev–Trinajstić information content (AvgIpc) is 3.23. The number of benzene rings is 3. The molecule has 0 unspecified atom stereocenters. The van der Waals surface area contributed by atoms with Crippen LogP contribution in [0.4, 0.5) is 22.4 Å². The Hall–Kier alpha value is -4.08. The molecule has 2 aliphatic rings. The van der Waals surface area contributed by atoms with Gasteiger partial charge in [0.25, 0.3) is 0 Å². The number of likely N-dealkylation sites (tertiary alicyclic amines) is 1. The lowest BCUT2D eigenvalue weighted by atomic mass is 9.96. The van der Waals surface area contributed by atoms with Gasteiger partial charge < -0.3 is 19.5 Å². The fraction of sp³-hybridized carbons (Fsp3) is 0.310. The van der Waals surface area contributed by atoms with Crippen molar-refractivity contribution in [3.8, 4) is 28.3 Å². The summed E-state index contributed by atoms with van der Waals surface area (Å²) in [5.41, 5.74) is 4.91. The van der Waals surface area contributed by atoms with Crippen LogP contribution in [0.3, 0.4) is 0 Å². The zero-order valence-corrected chi connectivity index (χ0v) is 21.0. The molecular formula is C29H26F4N4O2. The maximum Gasteiger partial charge on any atom is 0.391 e. The summed E-state index contributed by atoms with van der Waals surface area (Å²) >= 11 is 0. The van der Waals surface area contributed by atoms with Crippen LogP contribution >= 0.6 is 0 Å². The number of nitrogens with zero attached hydrogens (tertiary/aromatic N) is 3. The van der Waals surface area contributed by atoms with Crippen LogP contribution in [0.2, 0.25) is 0 Å². The Morgan fingerprint density at radius 1 is 0.897 bits per heavy atom. The highest BCUT2D eigenvalue weighted by molar-refractivity contribution is 5.80. The zero-order chi connectivity index (χ0) is 27.1. The number of amides is 2. The lowest BCUT2D eigenvalue weighted by molar-refractivity contribution is -0.183. The number of ether oxygens (including phenoxy) is 1. The number of aromatic amines is 1. The van der Waals surface area contributed by atoms with E-state index in [9.17, 15) is 22.4 Å². The summed E-state index contributed by atoms with van der Waals surface area (Å²) in [6, 6.07) is 17.8. The number of piperidine rings is 1. The van der Waals surface area contributed by atoms with Gasteiger partial charge in [0.1, 0.15) is 24.0 Å². The van der Waals surface area contributed by atoms with E-state index in [0.29, 0.717) is 42.3 Å². The molecule has 1 fully saturated rings. The molecule has 0 bridgehead atoms. The number of carbonyl (C=O) groups is 1. The molecular weight excluding hydrogens is 512 g/mol. The van der Waals surface area contributed by atoms with Gasteiger partial charge in [-0.2, -0.15) is 13.2 Å². The number of halogens is 4. The fourth-order valence-electron chi connectivity index (χ4n) is 5.27. The van der Waals surface area contributed by atoms with Gasteiger partial charge in [-0.15, -0.1) is 0 Å². The molecule has 10 heteroatoms. The van der Waals surface area contributed by atoms with Crippen LogP contribution in [0.25, 0.3) is 33.5 Å². The molecule has 4 aromatic rings. The third kappa shape index (κ3) is 5.15. The third-order valence-electron chi connectivity index (χ3n) is 7.47. The van der Waals surface area contributed by atoms with Crippen LogP contribution in [0.5, 0.6) is 5.75 Å². The average molecular weight is 539 g/mol. The predicted octanol–water partition coefficient (Wildman–Crippen LogP) is 6.62. The number of alkyl halides is 3. The second-order valence-electron chi connectivity index (χ2n) is 10.0. The van der Waals surface area contributed by atoms with Gasteiger partial charge in [0, 0.05) is 24.2 Å². The highest BCUT2D eigenvalue weighted by atomic mass is 19.4. The molecule has 2 aliphatic heterocycles. The maximum atomic E-state index is 13.5. The first kappa shape index (κ1) is 25.2. The number of nitrogens with one attached hydrogen (secondary N) is 1. The minimum absolute atomic E-state index is 0.0682. The molecule has 3 aromatic carbocycles. The van der Waals surface area contributed by atoms with Gasteiger partial charge in [-0.3, -0.25) is 0 Å². The fourth-order valence-corrected chi connectivity index (χ4v) is 5.27. The van der Waals surface area contributed by atoms with Crippen molar-refractivity contribution >= 4 is 17.1 Å². The summed E-state index contributed by atoms with van der Waals surface area (Å²) < 4.78 is 58.5. The molecule has 6 nitrogen and oxygen atoms in total. The Morgan fingerprint density at radius 3 is 2.36 bits per heavy atom. The monoisotopic (exact) mass is 538 g/mol. The van der Waals surface area contributed by atoms with Gasteiger partial charge in [0.05, 0.1) is 30.0 Å². The number of H-pyrrole nitrogens is 1. The number of urea groups is 1. The summed E-state index contributed by atoms with van der Waals surface area (Å²) in [5.74, 6) is -0.341. The van der Waals surface area contributed by atoms with E-state index in [0.717, 1.165) is 22.3 Å². The van der Waals surface area contributed by atoms with Crippen molar-refractivity contribution in [1.82, 2.24) is 19.8 Å². The normalized spacial score (nSPS) is 16.6. The van der Waals surface area contributed by atoms with E-state index in [4.69, 9.17) is 4.74 Å². The Morgan fingerprint density at radius 2 is 1.62 bits per heavy atom. The summed E-state index contributed by atoms with van der Waals surface area (Å²) in [5, 5.41) is 0. The molecule has 39 heavy (non-hydrogen) atoms. The van der Waals surface area contributed by atoms with Crippen molar-refractivity contribution < 1.29 is 27.1 Å². The van der Waals surface area contributed by atoms with Crippen LogP contribution in [0.1, 0.15) is 18.4 Å². The van der Waals surface area contributed by atoms with E-state index in [-0.39, 0.29) is 37.8 Å². The molecule has 0 spiro atoms. The standard InChI is InChI=1S/C29H26F4N4O2/c30-23-6-7-24-25(16-23)35-27(34-24)19-3-1-18(2-4-19)20-5-8-26-21(15-20)17-37(13-14-39-26)28(38)36-11-9-22(10-12-36)29(31,32)33/h1-8,15-16,22H,9-14,17H2,(H,34,35).